The first kappa shape index (κ1) is 14.6. The van der Waals surface area contributed by atoms with Crippen LogP contribution in [0.4, 0.5) is 0 Å². The summed E-state index contributed by atoms with van der Waals surface area (Å²) in [6.45, 7) is 0. The van der Waals surface area contributed by atoms with Crippen molar-refractivity contribution in [1.29, 1.82) is 0 Å². The topological polar surface area (TPSA) is 26.3 Å². The fourth-order valence-electron chi connectivity index (χ4n) is 1.63. The molecule has 0 aromatic heterocycles. The summed E-state index contributed by atoms with van der Waals surface area (Å²) in [5, 5.41) is 0.416. The summed E-state index contributed by atoms with van der Waals surface area (Å²) < 4.78 is 6.66. The number of halogens is 3. The van der Waals surface area contributed by atoms with Crippen molar-refractivity contribution in [2.45, 2.75) is 0 Å². The van der Waals surface area contributed by atoms with Crippen LogP contribution < -0.4 is 4.74 Å². The Balaban J connectivity index is 2.44. The molecule has 0 unspecified atom stereocenters. The van der Waals surface area contributed by atoms with Crippen LogP contribution in [-0.4, -0.2) is 12.9 Å². The number of ether oxygens (including phenoxy) is 1. The van der Waals surface area contributed by atoms with E-state index in [0.717, 1.165) is 8.95 Å². The van der Waals surface area contributed by atoms with Crippen LogP contribution in [0.15, 0.2) is 45.3 Å². The van der Waals surface area contributed by atoms with E-state index >= 15 is 0 Å². The van der Waals surface area contributed by atoms with E-state index in [0.29, 0.717) is 21.9 Å². The van der Waals surface area contributed by atoms with E-state index in [2.05, 4.69) is 31.9 Å². The zero-order valence-corrected chi connectivity index (χ0v) is 13.8. The molecule has 0 heterocycles. The van der Waals surface area contributed by atoms with Crippen LogP contribution in [0.25, 0.3) is 0 Å². The Morgan fingerprint density at radius 2 is 1.89 bits per heavy atom. The van der Waals surface area contributed by atoms with Gasteiger partial charge in [-0.15, -0.1) is 0 Å². The molecule has 0 saturated carbocycles. The Bertz CT molecular complexity index is 641. The van der Waals surface area contributed by atoms with Crippen LogP contribution in [0.2, 0.25) is 5.02 Å². The first-order chi connectivity index (χ1) is 9.02. The maximum absolute atomic E-state index is 12.4. The third-order valence-electron chi connectivity index (χ3n) is 2.59. The summed E-state index contributed by atoms with van der Waals surface area (Å²) in [6, 6.07) is 10.4. The normalized spacial score (nSPS) is 10.3. The fraction of sp³-hybridized carbons (Fsp3) is 0.0714. The van der Waals surface area contributed by atoms with E-state index < -0.39 is 0 Å². The van der Waals surface area contributed by atoms with Gasteiger partial charge in [0.1, 0.15) is 5.75 Å². The second-order valence-electron chi connectivity index (χ2n) is 3.80. The molecule has 0 bridgehead atoms. The first-order valence-electron chi connectivity index (χ1n) is 5.36. The molecule has 0 aliphatic heterocycles. The van der Waals surface area contributed by atoms with E-state index in [9.17, 15) is 4.79 Å². The summed E-state index contributed by atoms with van der Waals surface area (Å²) >= 11 is 12.8. The second-order valence-corrected chi connectivity index (χ2v) is 5.98. The number of rotatable bonds is 3. The maximum atomic E-state index is 12.4. The van der Waals surface area contributed by atoms with Crippen LogP contribution in [0.3, 0.4) is 0 Å². The lowest BCUT2D eigenvalue weighted by molar-refractivity contribution is 0.103. The lowest BCUT2D eigenvalue weighted by atomic mass is 10.0. The van der Waals surface area contributed by atoms with Crippen LogP contribution in [0.5, 0.6) is 5.75 Å². The van der Waals surface area contributed by atoms with Crippen molar-refractivity contribution < 1.29 is 9.53 Å². The van der Waals surface area contributed by atoms with E-state index in [1.165, 1.54) is 7.11 Å². The van der Waals surface area contributed by atoms with Crippen molar-refractivity contribution in [2.24, 2.45) is 0 Å². The molecule has 0 aliphatic rings. The van der Waals surface area contributed by atoms with E-state index in [-0.39, 0.29) is 5.78 Å². The monoisotopic (exact) mass is 402 g/mol. The average Bonchev–Trinajstić information content (AvgIpc) is 2.40. The lowest BCUT2D eigenvalue weighted by Crippen LogP contribution is -2.02. The Morgan fingerprint density at radius 3 is 2.53 bits per heavy atom. The molecule has 0 fully saturated rings. The zero-order chi connectivity index (χ0) is 14.0. The van der Waals surface area contributed by atoms with Gasteiger partial charge in [0.15, 0.2) is 5.78 Å². The highest BCUT2D eigenvalue weighted by Gasteiger charge is 2.14. The van der Waals surface area contributed by atoms with Crippen molar-refractivity contribution in [3.8, 4) is 5.75 Å². The fourth-order valence-corrected chi connectivity index (χ4v) is 2.68. The Labute approximate surface area is 133 Å². The minimum absolute atomic E-state index is 0.0993. The van der Waals surface area contributed by atoms with Gasteiger partial charge in [0.25, 0.3) is 0 Å². The number of carbonyl (C=O) groups excluding carboxylic acids is 1. The molecule has 2 nitrogen and oxygen atoms in total. The molecule has 98 valence electrons. The molecule has 5 heteroatoms. The summed E-state index contributed by atoms with van der Waals surface area (Å²) in [5.74, 6) is 0.448. The highest BCUT2D eigenvalue weighted by Crippen LogP contribution is 2.28. The summed E-state index contributed by atoms with van der Waals surface area (Å²) in [4.78, 5) is 12.4. The quantitative estimate of drug-likeness (QED) is 0.665. The molecule has 0 radical (unpaired) electrons. The molecule has 0 spiro atoms. The molecular formula is C14H9Br2ClO2. The van der Waals surface area contributed by atoms with Gasteiger partial charge in [-0.2, -0.15) is 0 Å². The third kappa shape index (κ3) is 3.19. The number of hydrogen-bond donors (Lipinski definition) is 0. The molecule has 0 aliphatic carbocycles. The molecule has 0 atom stereocenters. The van der Waals surface area contributed by atoms with Gasteiger partial charge < -0.3 is 4.74 Å². The van der Waals surface area contributed by atoms with Gasteiger partial charge in [0, 0.05) is 20.1 Å². The van der Waals surface area contributed by atoms with Gasteiger partial charge in [-0.25, -0.2) is 0 Å². The summed E-state index contributed by atoms with van der Waals surface area (Å²) in [5.41, 5.74) is 1.10. The van der Waals surface area contributed by atoms with Gasteiger partial charge in [-0.05, 0) is 36.4 Å². The summed E-state index contributed by atoms with van der Waals surface area (Å²) in [6.07, 6.45) is 0. The second kappa shape index (κ2) is 6.07. The van der Waals surface area contributed by atoms with Crippen molar-refractivity contribution in [3.05, 3.63) is 61.5 Å². The Morgan fingerprint density at radius 1 is 1.16 bits per heavy atom. The van der Waals surface area contributed by atoms with Crippen molar-refractivity contribution >= 4 is 49.2 Å². The smallest absolute Gasteiger partial charge is 0.194 e. The van der Waals surface area contributed by atoms with Gasteiger partial charge in [0.05, 0.1) is 12.1 Å². The molecule has 0 saturated heterocycles. The highest BCUT2D eigenvalue weighted by atomic mass is 79.9. The van der Waals surface area contributed by atoms with Gasteiger partial charge in [-0.1, -0.05) is 43.5 Å². The van der Waals surface area contributed by atoms with Crippen molar-refractivity contribution in [1.82, 2.24) is 0 Å². The number of ketones is 1. The Hall–Kier alpha value is -0.840. The zero-order valence-electron chi connectivity index (χ0n) is 9.91. The molecule has 2 rings (SSSR count). The molecule has 2 aromatic rings. The maximum Gasteiger partial charge on any atom is 0.194 e. The standard InChI is InChI=1S/C14H9Br2ClO2/c1-19-13-5-2-8(6-12(13)17)14(18)10-7-9(15)3-4-11(10)16/h2-7H,1H3. The average molecular weight is 404 g/mol. The van der Waals surface area contributed by atoms with Crippen LogP contribution in [0, 0.1) is 0 Å². The molecule has 0 N–H and O–H groups in total. The minimum atomic E-state index is -0.0993. The number of hydrogen-bond acceptors (Lipinski definition) is 2. The van der Waals surface area contributed by atoms with Crippen LogP contribution in [-0.2, 0) is 0 Å². The predicted molar refractivity (Wildman–Crippen MR) is 83.3 cm³/mol. The van der Waals surface area contributed by atoms with E-state index in [4.69, 9.17) is 16.3 Å². The summed E-state index contributed by atoms with van der Waals surface area (Å²) in [7, 11) is 1.54. The largest absolute Gasteiger partial charge is 0.495 e. The molecule has 19 heavy (non-hydrogen) atoms. The predicted octanol–water partition coefficient (Wildman–Crippen LogP) is 5.10. The van der Waals surface area contributed by atoms with Crippen LogP contribution >= 0.6 is 43.5 Å². The minimum Gasteiger partial charge on any atom is -0.495 e. The van der Waals surface area contributed by atoms with E-state index in [1.807, 2.05) is 12.1 Å². The number of carbonyl (C=O) groups is 1. The highest BCUT2D eigenvalue weighted by molar-refractivity contribution is 9.11. The van der Waals surface area contributed by atoms with Gasteiger partial charge >= 0.3 is 0 Å². The van der Waals surface area contributed by atoms with Crippen molar-refractivity contribution in [3.63, 3.8) is 0 Å². The van der Waals surface area contributed by atoms with Gasteiger partial charge in [0.2, 0.25) is 0 Å². The van der Waals surface area contributed by atoms with Crippen molar-refractivity contribution in [2.75, 3.05) is 7.11 Å². The van der Waals surface area contributed by atoms with Crippen LogP contribution in [0.1, 0.15) is 15.9 Å². The first-order valence-corrected chi connectivity index (χ1v) is 7.32. The molecule has 2 aromatic carbocycles. The number of methoxy groups -OCH3 is 1. The number of benzene rings is 2. The van der Waals surface area contributed by atoms with E-state index in [1.54, 1.807) is 24.3 Å². The third-order valence-corrected chi connectivity index (χ3v) is 4.07. The Kier molecular flexibility index (Phi) is 4.66. The SMILES string of the molecule is COc1ccc(C(=O)c2cc(Br)ccc2Br)cc1Cl. The molecular weight excluding hydrogens is 395 g/mol. The lowest BCUT2D eigenvalue weighted by Gasteiger charge is -2.07. The molecule has 0 amide bonds. The van der Waals surface area contributed by atoms with Gasteiger partial charge in [-0.3, -0.25) is 4.79 Å².